The molecule has 0 spiro atoms. The van der Waals surface area contributed by atoms with Gasteiger partial charge < -0.3 is 10.6 Å². The maximum absolute atomic E-state index is 14.9. The number of para-hydroxylation sites is 4. The Labute approximate surface area is 274 Å². The number of hydrogen-bond acceptors (Lipinski definition) is 8. The minimum Gasteiger partial charge on any atom is -0.324 e. The zero-order chi connectivity index (χ0) is 30.9. The lowest BCUT2D eigenvalue weighted by molar-refractivity contribution is 0.248. The van der Waals surface area contributed by atoms with Crippen LogP contribution < -0.4 is 22.0 Å². The van der Waals surface area contributed by atoms with E-state index in [-0.39, 0.29) is 23.5 Å². The lowest BCUT2D eigenvalue weighted by atomic mass is 9.82. The Balaban J connectivity index is 1.41. The van der Waals surface area contributed by atoms with Crippen LogP contribution in [0.25, 0.3) is 33.6 Å². The molecule has 10 rings (SSSR count). The highest BCUT2D eigenvalue weighted by Gasteiger charge is 2.69. The molecule has 2 atom stereocenters. The van der Waals surface area contributed by atoms with Gasteiger partial charge in [0.15, 0.2) is 11.3 Å². The van der Waals surface area contributed by atoms with E-state index >= 15 is 0 Å². The molecule has 0 amide bonds. The summed E-state index contributed by atoms with van der Waals surface area (Å²) >= 11 is 7.13. The molecule has 0 bridgehead atoms. The number of fused-ring (bicyclic) bond motifs is 11. The molecule has 2 aliphatic rings. The Morgan fingerprint density at radius 3 is 1.33 bits per heavy atom. The van der Waals surface area contributed by atoms with Gasteiger partial charge in [-0.15, -0.1) is 0 Å². The van der Waals surface area contributed by atoms with Gasteiger partial charge in [-0.25, -0.2) is 37.5 Å². The number of anilines is 2. The summed E-state index contributed by atoms with van der Waals surface area (Å²) in [4.78, 5) is 49.0. The fourth-order valence-corrected chi connectivity index (χ4v) is 7.67. The van der Waals surface area contributed by atoms with E-state index in [1.165, 1.54) is 8.80 Å². The molecular weight excluding hydrogens is 716 g/mol. The number of aromatic nitrogens is 8. The number of imidazole rings is 2. The number of halogens is 2. The molecule has 6 heterocycles. The maximum Gasteiger partial charge on any atom is 0.340 e. The third-order valence-electron chi connectivity index (χ3n) is 8.99. The first-order valence-electron chi connectivity index (χ1n) is 14.3. The second-order valence-corrected chi connectivity index (χ2v) is 13.1. The van der Waals surface area contributed by atoms with E-state index in [0.717, 1.165) is 8.95 Å². The highest BCUT2D eigenvalue weighted by molar-refractivity contribution is 9.10. The third-order valence-corrected chi connectivity index (χ3v) is 10.0. The summed E-state index contributed by atoms with van der Waals surface area (Å²) in [6.07, 6.45) is 0. The highest BCUT2D eigenvalue weighted by atomic mass is 79.9. The number of benzene rings is 4. The number of nitrogens with one attached hydrogen (secondary N) is 2. The van der Waals surface area contributed by atoms with Crippen molar-refractivity contribution in [3.05, 3.63) is 138 Å². The smallest absolute Gasteiger partial charge is 0.324 e. The van der Waals surface area contributed by atoms with E-state index in [1.807, 2.05) is 97.1 Å². The Kier molecular flexibility index (Phi) is 4.89. The average molecular weight is 734 g/mol. The van der Waals surface area contributed by atoms with Crippen molar-refractivity contribution < 1.29 is 0 Å². The molecule has 222 valence electrons. The number of rotatable bonds is 2. The lowest BCUT2D eigenvalue weighted by Crippen LogP contribution is -2.60. The van der Waals surface area contributed by atoms with E-state index < -0.39 is 22.7 Å². The molecule has 12 nitrogen and oxygen atoms in total. The third kappa shape index (κ3) is 2.98. The van der Waals surface area contributed by atoms with Crippen molar-refractivity contribution in [2.45, 2.75) is 11.3 Å². The van der Waals surface area contributed by atoms with Gasteiger partial charge in [0.05, 0.1) is 22.1 Å². The van der Waals surface area contributed by atoms with Gasteiger partial charge in [-0.2, -0.15) is 9.97 Å². The van der Waals surface area contributed by atoms with Crippen molar-refractivity contribution in [2.24, 2.45) is 0 Å². The van der Waals surface area contributed by atoms with Crippen LogP contribution in [-0.4, -0.2) is 37.9 Å². The largest absolute Gasteiger partial charge is 0.340 e. The van der Waals surface area contributed by atoms with Gasteiger partial charge in [0.1, 0.15) is 0 Å². The van der Waals surface area contributed by atoms with Gasteiger partial charge in [-0.3, -0.25) is 0 Å². The predicted octanol–water partition coefficient (Wildman–Crippen LogP) is 4.88. The van der Waals surface area contributed by atoms with Gasteiger partial charge in [-0.1, -0.05) is 80.4 Å². The van der Waals surface area contributed by atoms with Crippen LogP contribution in [0.4, 0.5) is 11.9 Å². The predicted molar refractivity (Wildman–Crippen MR) is 179 cm³/mol. The topological polar surface area (TPSA) is 128 Å². The SMILES string of the molecule is O=c1n2c(nc3nc4ccccc4n13)NC1(c3ccc(Br)cc3)n3c(nc4nc5ccccc5n4c3=O)NC21c1ccc(Br)cc1. The molecule has 0 saturated carbocycles. The van der Waals surface area contributed by atoms with Crippen LogP contribution >= 0.6 is 31.9 Å². The second kappa shape index (κ2) is 8.68. The summed E-state index contributed by atoms with van der Waals surface area (Å²) in [7, 11) is 0. The Morgan fingerprint density at radius 1 is 0.522 bits per heavy atom. The van der Waals surface area contributed by atoms with Crippen molar-refractivity contribution >= 4 is 77.4 Å². The van der Waals surface area contributed by atoms with Crippen molar-refractivity contribution in [2.75, 3.05) is 10.6 Å². The standard InChI is InChI=1S/C32H18Br2N10O2/c33-19-13-9-17(10-14-19)31-32(18-11-15-20(34)16-12-18,39-27-37-25-35-21-5-1-3-7-23(21)41(25)29(45)43(27)31)44-28(40-31)38-26-36-22-6-2-4-8-24(22)42(26)30(44)46/h1-16H,(H,35,37,39)(H,36,38,40). The van der Waals surface area contributed by atoms with E-state index in [0.29, 0.717) is 33.2 Å². The number of nitrogens with zero attached hydrogens (tertiary/aromatic N) is 8. The molecule has 4 aromatic heterocycles. The molecule has 2 aliphatic heterocycles. The molecule has 8 aromatic rings. The van der Waals surface area contributed by atoms with Gasteiger partial charge >= 0.3 is 11.4 Å². The normalized spacial score (nSPS) is 19.8. The zero-order valence-corrected chi connectivity index (χ0v) is 26.6. The van der Waals surface area contributed by atoms with E-state index in [2.05, 4.69) is 52.5 Å². The van der Waals surface area contributed by atoms with Crippen LogP contribution in [0.1, 0.15) is 11.1 Å². The molecule has 0 aliphatic carbocycles. The second-order valence-electron chi connectivity index (χ2n) is 11.3. The number of hydrogen-bond donors (Lipinski definition) is 2. The summed E-state index contributed by atoms with van der Waals surface area (Å²) in [5.41, 5.74) is 0.141. The van der Waals surface area contributed by atoms with Crippen molar-refractivity contribution in [1.29, 1.82) is 0 Å². The molecule has 0 saturated heterocycles. The summed E-state index contributed by atoms with van der Waals surface area (Å²) in [5, 5.41) is 7.15. The Hall–Kier alpha value is -5.34. The summed E-state index contributed by atoms with van der Waals surface area (Å²) < 4.78 is 7.86. The molecule has 14 heteroatoms. The fourth-order valence-electron chi connectivity index (χ4n) is 7.14. The average Bonchev–Trinajstić information content (AvgIpc) is 3.77. The maximum atomic E-state index is 14.9. The fraction of sp³-hybridized carbons (Fsp3) is 0.0625. The summed E-state index contributed by atoms with van der Waals surface area (Å²) in [6, 6.07) is 30.1. The van der Waals surface area contributed by atoms with Crippen LogP contribution in [0.3, 0.4) is 0 Å². The monoisotopic (exact) mass is 732 g/mol. The van der Waals surface area contributed by atoms with Gasteiger partial charge in [0.2, 0.25) is 23.5 Å². The molecule has 0 fully saturated rings. The molecule has 4 aromatic carbocycles. The Bertz CT molecular complexity index is 2540. The quantitative estimate of drug-likeness (QED) is 0.258. The van der Waals surface area contributed by atoms with Crippen LogP contribution in [0.2, 0.25) is 0 Å². The zero-order valence-electron chi connectivity index (χ0n) is 23.4. The van der Waals surface area contributed by atoms with Crippen molar-refractivity contribution in [3.8, 4) is 0 Å². The first kappa shape index (κ1) is 25.9. The minimum absolute atomic E-state index is 0.235. The molecule has 2 N–H and O–H groups in total. The minimum atomic E-state index is -1.48. The lowest BCUT2D eigenvalue weighted by Gasteiger charge is -2.40. The first-order chi connectivity index (χ1) is 22.4. The molecular formula is C32H18Br2N10O2. The van der Waals surface area contributed by atoms with Crippen LogP contribution in [0.15, 0.2) is 116 Å². The van der Waals surface area contributed by atoms with Crippen molar-refractivity contribution in [1.82, 2.24) is 37.9 Å². The van der Waals surface area contributed by atoms with Gasteiger partial charge in [-0.05, 0) is 48.5 Å². The van der Waals surface area contributed by atoms with Gasteiger partial charge in [0.25, 0.3) is 0 Å². The summed E-state index contributed by atoms with van der Waals surface area (Å²) in [6.45, 7) is 0. The summed E-state index contributed by atoms with van der Waals surface area (Å²) in [5.74, 6) is 0.950. The van der Waals surface area contributed by atoms with Crippen LogP contribution in [-0.2, 0) is 11.3 Å². The first-order valence-corrected chi connectivity index (χ1v) is 15.9. The van der Waals surface area contributed by atoms with Crippen molar-refractivity contribution in [3.63, 3.8) is 0 Å². The molecule has 46 heavy (non-hydrogen) atoms. The van der Waals surface area contributed by atoms with Crippen LogP contribution in [0, 0.1) is 0 Å². The molecule has 2 unspecified atom stereocenters. The van der Waals surface area contributed by atoms with Gasteiger partial charge in [0, 0.05) is 20.1 Å². The van der Waals surface area contributed by atoms with E-state index in [4.69, 9.17) is 9.97 Å². The van der Waals surface area contributed by atoms with Crippen LogP contribution in [0.5, 0.6) is 0 Å². The highest BCUT2D eigenvalue weighted by Crippen LogP contribution is 2.55. The molecule has 0 radical (unpaired) electrons. The van der Waals surface area contributed by atoms with E-state index in [9.17, 15) is 9.59 Å². The van der Waals surface area contributed by atoms with E-state index in [1.54, 1.807) is 9.13 Å². The Morgan fingerprint density at radius 2 is 0.913 bits per heavy atom.